The van der Waals surface area contributed by atoms with E-state index in [4.69, 9.17) is 0 Å². The topological polar surface area (TPSA) is 40.6 Å². The zero-order chi connectivity index (χ0) is 20.0. The van der Waals surface area contributed by atoms with Crippen molar-refractivity contribution < 1.29 is 14.0 Å². The highest BCUT2D eigenvalue weighted by Gasteiger charge is 2.23. The van der Waals surface area contributed by atoms with E-state index in [0.29, 0.717) is 13.1 Å². The monoisotopic (exact) mass is 390 g/mol. The molecule has 0 fully saturated rings. The maximum Gasteiger partial charge on any atom is 0.242 e. The van der Waals surface area contributed by atoms with Gasteiger partial charge in [0.1, 0.15) is 5.82 Å². The normalized spacial score (nSPS) is 11.9. The molecule has 6 heteroatoms. The highest BCUT2D eigenvalue weighted by molar-refractivity contribution is 7.11. The Morgan fingerprint density at radius 1 is 1.11 bits per heavy atom. The number of benzene rings is 1. The summed E-state index contributed by atoms with van der Waals surface area (Å²) in [6, 6.07) is 10.2. The highest BCUT2D eigenvalue weighted by atomic mass is 32.1. The van der Waals surface area contributed by atoms with Gasteiger partial charge in [-0.05, 0) is 50.1 Å². The molecule has 4 nitrogen and oxygen atoms in total. The maximum absolute atomic E-state index is 13.2. The van der Waals surface area contributed by atoms with E-state index in [9.17, 15) is 14.0 Å². The Bertz CT molecular complexity index is 773. The summed E-state index contributed by atoms with van der Waals surface area (Å²) in [7, 11) is 0. The fourth-order valence-corrected chi connectivity index (χ4v) is 3.75. The highest BCUT2D eigenvalue weighted by Crippen LogP contribution is 2.19. The Hall–Kier alpha value is -2.21. The molecule has 146 valence electrons. The molecule has 0 aliphatic rings. The van der Waals surface area contributed by atoms with Gasteiger partial charge < -0.3 is 9.80 Å². The molecule has 27 heavy (non-hydrogen) atoms. The second kappa shape index (κ2) is 9.65. The number of carbonyl (C=O) groups is 2. The number of aryl methyl sites for hydroxylation is 1. The number of rotatable bonds is 8. The van der Waals surface area contributed by atoms with Crippen LogP contribution >= 0.6 is 11.3 Å². The van der Waals surface area contributed by atoms with Crippen LogP contribution in [0.15, 0.2) is 36.4 Å². The second-order valence-corrected chi connectivity index (χ2v) is 8.17. The largest absolute Gasteiger partial charge is 0.332 e. The van der Waals surface area contributed by atoms with Gasteiger partial charge in [-0.25, -0.2) is 4.39 Å². The van der Waals surface area contributed by atoms with Gasteiger partial charge >= 0.3 is 0 Å². The van der Waals surface area contributed by atoms with Gasteiger partial charge in [-0.2, -0.15) is 0 Å². The molecular formula is C21H27FN2O2S. The predicted octanol–water partition coefficient (Wildman–Crippen LogP) is 4.37. The van der Waals surface area contributed by atoms with Crippen molar-refractivity contribution in [3.8, 4) is 0 Å². The molecule has 0 saturated heterocycles. The molecule has 1 heterocycles. The molecule has 0 spiro atoms. The standard InChI is InChI=1S/C21H27FN2O2S/c1-5-15(2)24(17(4)25)14-21(26)23(13-20-11-6-16(3)27-20)12-18-7-9-19(22)10-8-18/h6-11,15H,5,12-14H2,1-4H3/t15-/m1/s1. The third-order valence-electron chi connectivity index (χ3n) is 4.62. The molecule has 0 radical (unpaired) electrons. The lowest BCUT2D eigenvalue weighted by Gasteiger charge is -2.30. The summed E-state index contributed by atoms with van der Waals surface area (Å²) >= 11 is 1.65. The number of nitrogens with zero attached hydrogens (tertiary/aromatic N) is 2. The van der Waals surface area contributed by atoms with Gasteiger partial charge in [-0.3, -0.25) is 9.59 Å². The van der Waals surface area contributed by atoms with E-state index in [-0.39, 0.29) is 30.2 Å². The van der Waals surface area contributed by atoms with Crippen molar-refractivity contribution in [1.29, 1.82) is 0 Å². The van der Waals surface area contributed by atoms with Crippen molar-refractivity contribution in [3.63, 3.8) is 0 Å². The lowest BCUT2D eigenvalue weighted by molar-refractivity contribution is -0.141. The van der Waals surface area contributed by atoms with E-state index >= 15 is 0 Å². The molecule has 2 rings (SSSR count). The van der Waals surface area contributed by atoms with E-state index in [1.807, 2.05) is 32.9 Å². The van der Waals surface area contributed by atoms with Crippen molar-refractivity contribution in [2.24, 2.45) is 0 Å². The Morgan fingerprint density at radius 3 is 2.30 bits per heavy atom. The minimum Gasteiger partial charge on any atom is -0.332 e. The van der Waals surface area contributed by atoms with Gasteiger partial charge in [0.15, 0.2) is 0 Å². The van der Waals surface area contributed by atoms with Crippen LogP contribution in [-0.4, -0.2) is 34.2 Å². The predicted molar refractivity (Wildman–Crippen MR) is 107 cm³/mol. The minimum absolute atomic E-state index is 0.00287. The third-order valence-corrected chi connectivity index (χ3v) is 5.60. The van der Waals surface area contributed by atoms with E-state index in [0.717, 1.165) is 16.9 Å². The molecule has 0 N–H and O–H groups in total. The molecule has 2 amide bonds. The van der Waals surface area contributed by atoms with E-state index in [1.165, 1.54) is 23.9 Å². The average Bonchev–Trinajstić information content (AvgIpc) is 3.04. The first-order valence-electron chi connectivity index (χ1n) is 9.14. The molecule has 0 unspecified atom stereocenters. The molecule has 2 aromatic rings. The van der Waals surface area contributed by atoms with Crippen molar-refractivity contribution in [2.45, 2.75) is 53.2 Å². The molecule has 0 aliphatic carbocycles. The Kier molecular flexibility index (Phi) is 7.54. The second-order valence-electron chi connectivity index (χ2n) is 6.79. The van der Waals surface area contributed by atoms with Crippen LogP contribution < -0.4 is 0 Å². The van der Waals surface area contributed by atoms with Crippen molar-refractivity contribution in [2.75, 3.05) is 6.54 Å². The zero-order valence-corrected chi connectivity index (χ0v) is 17.2. The number of hydrogen-bond donors (Lipinski definition) is 0. The summed E-state index contributed by atoms with van der Waals surface area (Å²) < 4.78 is 13.2. The summed E-state index contributed by atoms with van der Waals surface area (Å²) in [5, 5.41) is 0. The smallest absolute Gasteiger partial charge is 0.242 e. The Morgan fingerprint density at radius 2 is 1.78 bits per heavy atom. The lowest BCUT2D eigenvalue weighted by Crippen LogP contribution is -2.45. The quantitative estimate of drug-likeness (QED) is 0.671. The number of thiophene rings is 1. The van der Waals surface area contributed by atoms with Crippen molar-refractivity contribution in [3.05, 3.63) is 57.5 Å². The zero-order valence-electron chi connectivity index (χ0n) is 16.4. The molecular weight excluding hydrogens is 363 g/mol. The fraction of sp³-hybridized carbons (Fsp3) is 0.429. The van der Waals surface area contributed by atoms with E-state index < -0.39 is 0 Å². The van der Waals surface area contributed by atoms with Gasteiger partial charge in [0.25, 0.3) is 0 Å². The molecule has 1 aromatic heterocycles. The summed E-state index contributed by atoms with van der Waals surface area (Å²) in [4.78, 5) is 30.6. The van der Waals surface area contributed by atoms with E-state index in [1.54, 1.807) is 33.3 Å². The van der Waals surface area contributed by atoms with Gasteiger partial charge in [0.2, 0.25) is 11.8 Å². The van der Waals surface area contributed by atoms with Crippen molar-refractivity contribution >= 4 is 23.2 Å². The van der Waals surface area contributed by atoms with Crippen LogP contribution in [0.5, 0.6) is 0 Å². The number of hydrogen-bond acceptors (Lipinski definition) is 3. The number of amides is 2. The average molecular weight is 391 g/mol. The maximum atomic E-state index is 13.2. The number of halogens is 1. The molecule has 1 aromatic carbocycles. The van der Waals surface area contributed by atoms with Crippen LogP contribution in [0.3, 0.4) is 0 Å². The summed E-state index contributed by atoms with van der Waals surface area (Å²) in [6.45, 7) is 8.36. The molecule has 0 saturated carbocycles. The first-order chi connectivity index (χ1) is 12.8. The van der Waals surface area contributed by atoms with Crippen LogP contribution in [-0.2, 0) is 22.7 Å². The van der Waals surface area contributed by atoms with Crippen LogP contribution in [0.1, 0.15) is 42.5 Å². The van der Waals surface area contributed by atoms with E-state index in [2.05, 4.69) is 0 Å². The number of carbonyl (C=O) groups excluding carboxylic acids is 2. The molecule has 0 bridgehead atoms. The van der Waals surface area contributed by atoms with Gasteiger partial charge in [-0.1, -0.05) is 19.1 Å². The molecule has 0 aliphatic heterocycles. The van der Waals surface area contributed by atoms with Crippen molar-refractivity contribution in [1.82, 2.24) is 9.80 Å². The first kappa shape index (κ1) is 21.1. The summed E-state index contributed by atoms with van der Waals surface area (Å²) in [5.74, 6) is -0.516. The van der Waals surface area contributed by atoms with Crippen LogP contribution in [0.25, 0.3) is 0 Å². The fourth-order valence-electron chi connectivity index (χ4n) is 2.84. The van der Waals surface area contributed by atoms with Gasteiger partial charge in [0.05, 0.1) is 13.1 Å². The van der Waals surface area contributed by atoms with Gasteiger partial charge in [0, 0.05) is 29.3 Å². The minimum atomic E-state index is -0.301. The van der Waals surface area contributed by atoms with Crippen LogP contribution in [0.4, 0.5) is 4.39 Å². The van der Waals surface area contributed by atoms with Crippen LogP contribution in [0.2, 0.25) is 0 Å². The Balaban J connectivity index is 2.19. The molecule has 1 atom stereocenters. The summed E-state index contributed by atoms with van der Waals surface area (Å²) in [6.07, 6.45) is 0.787. The third kappa shape index (κ3) is 6.17. The lowest BCUT2D eigenvalue weighted by atomic mass is 10.2. The SMILES string of the molecule is CC[C@@H](C)N(CC(=O)N(Cc1ccc(F)cc1)Cc1ccc(C)s1)C(C)=O. The van der Waals surface area contributed by atoms with Crippen LogP contribution in [0, 0.1) is 12.7 Å². The van der Waals surface area contributed by atoms with Gasteiger partial charge in [-0.15, -0.1) is 11.3 Å². The first-order valence-corrected chi connectivity index (χ1v) is 9.96. The summed E-state index contributed by atoms with van der Waals surface area (Å²) in [5.41, 5.74) is 0.857. The Labute approximate surface area is 164 Å².